The summed E-state index contributed by atoms with van der Waals surface area (Å²) in [5.41, 5.74) is 5.09. The number of fused-ring (bicyclic) bond motifs is 3. The van der Waals surface area contributed by atoms with Crippen LogP contribution in [0.3, 0.4) is 0 Å². The van der Waals surface area contributed by atoms with E-state index in [1.807, 2.05) is 0 Å². The third-order valence-corrected chi connectivity index (χ3v) is 6.30. The monoisotopic (exact) mass is 334 g/mol. The van der Waals surface area contributed by atoms with Gasteiger partial charge in [0.15, 0.2) is 0 Å². The van der Waals surface area contributed by atoms with Gasteiger partial charge in [-0.2, -0.15) is 0 Å². The molecule has 130 valence electrons. The number of rotatable bonds is 4. The summed E-state index contributed by atoms with van der Waals surface area (Å²) < 4.78 is 0. The second-order valence-corrected chi connectivity index (χ2v) is 7.82. The van der Waals surface area contributed by atoms with Gasteiger partial charge in [0.1, 0.15) is 11.4 Å². The molecule has 2 heterocycles. The van der Waals surface area contributed by atoms with E-state index < -0.39 is 0 Å². The first kappa shape index (κ1) is 16.3. The zero-order chi connectivity index (χ0) is 17.7. The average molecular weight is 334 g/mol. The minimum absolute atomic E-state index is 0.0414. The number of likely N-dealkylation sites (N-methyl/N-ethyl adjacent to an activating group) is 1. The van der Waals surface area contributed by atoms with Gasteiger partial charge in [0.05, 0.1) is 0 Å². The molecular weight excluding hydrogens is 308 g/mol. The van der Waals surface area contributed by atoms with Crippen molar-refractivity contribution in [1.29, 1.82) is 0 Å². The number of carbonyl (C=O) groups is 1. The second-order valence-electron chi connectivity index (χ2n) is 7.82. The van der Waals surface area contributed by atoms with Gasteiger partial charge in [0, 0.05) is 31.0 Å². The van der Waals surface area contributed by atoms with E-state index in [0.717, 1.165) is 24.9 Å². The number of anilines is 1. The Morgan fingerprint density at radius 1 is 1.16 bits per heavy atom. The van der Waals surface area contributed by atoms with E-state index in [4.69, 9.17) is 0 Å². The quantitative estimate of drug-likeness (QED) is 0.929. The molecule has 0 spiro atoms. The summed E-state index contributed by atoms with van der Waals surface area (Å²) in [6.07, 6.45) is 2.60. The largest absolute Gasteiger partial charge is 0.355 e. The van der Waals surface area contributed by atoms with Crippen LogP contribution < -0.4 is 10.2 Å². The predicted octanol–water partition coefficient (Wildman–Crippen LogP) is 3.46. The van der Waals surface area contributed by atoms with Crippen LogP contribution in [0, 0.1) is 0 Å². The van der Waals surface area contributed by atoms with Gasteiger partial charge in [-0.05, 0) is 42.6 Å². The van der Waals surface area contributed by atoms with Crippen LogP contribution in [0.4, 0.5) is 5.69 Å². The first-order chi connectivity index (χ1) is 12.0. The number of nitrogens with zero attached hydrogens (tertiary/aromatic N) is 1. The molecule has 2 aromatic rings. The fourth-order valence-electron chi connectivity index (χ4n) is 4.96. The standard InChI is InChI=1S/C22H26N2O/c1-16(25)13-18-9-10-20-19(14-18)21(2)11-12-23-22(21,24(20)3)15-17-7-5-4-6-8-17/h4-10,14,23H,11-13,15H2,1-3H3. The first-order valence-corrected chi connectivity index (χ1v) is 9.12. The van der Waals surface area contributed by atoms with Crippen molar-refractivity contribution < 1.29 is 4.79 Å². The van der Waals surface area contributed by atoms with Crippen LogP contribution in [-0.4, -0.2) is 25.0 Å². The van der Waals surface area contributed by atoms with Crippen molar-refractivity contribution in [2.24, 2.45) is 0 Å². The van der Waals surface area contributed by atoms with Crippen LogP contribution in [0.1, 0.15) is 37.0 Å². The molecule has 1 fully saturated rings. The number of Topliss-reactive ketones (excluding diaryl/α,β-unsaturated/α-hetero) is 1. The van der Waals surface area contributed by atoms with Crippen molar-refractivity contribution in [2.45, 2.75) is 44.2 Å². The second kappa shape index (κ2) is 5.70. The van der Waals surface area contributed by atoms with Crippen molar-refractivity contribution >= 4 is 11.5 Å². The number of nitrogens with one attached hydrogen (secondary N) is 1. The molecule has 2 aliphatic heterocycles. The molecule has 0 aromatic heterocycles. The van der Waals surface area contributed by atoms with Crippen LogP contribution in [0.25, 0.3) is 0 Å². The number of hydrogen-bond donors (Lipinski definition) is 1. The summed E-state index contributed by atoms with van der Waals surface area (Å²) in [5, 5.41) is 3.84. The van der Waals surface area contributed by atoms with Crippen LogP contribution in [-0.2, 0) is 23.1 Å². The molecular formula is C22H26N2O. The number of hydrogen-bond acceptors (Lipinski definition) is 3. The zero-order valence-electron chi connectivity index (χ0n) is 15.3. The van der Waals surface area contributed by atoms with E-state index >= 15 is 0 Å². The maximum atomic E-state index is 11.6. The van der Waals surface area contributed by atoms with Gasteiger partial charge < -0.3 is 4.90 Å². The number of carbonyl (C=O) groups excluding carboxylic acids is 1. The smallest absolute Gasteiger partial charge is 0.134 e. The van der Waals surface area contributed by atoms with Gasteiger partial charge in [-0.3, -0.25) is 10.1 Å². The lowest BCUT2D eigenvalue weighted by Crippen LogP contribution is -2.61. The summed E-state index contributed by atoms with van der Waals surface area (Å²) >= 11 is 0. The van der Waals surface area contributed by atoms with E-state index in [-0.39, 0.29) is 16.9 Å². The average Bonchev–Trinajstić information content (AvgIpc) is 3.00. The highest BCUT2D eigenvalue weighted by Gasteiger charge is 2.60. The number of ketones is 1. The Balaban J connectivity index is 1.79. The molecule has 4 rings (SSSR count). The van der Waals surface area contributed by atoms with Gasteiger partial charge in [0.2, 0.25) is 0 Å². The lowest BCUT2D eigenvalue weighted by Gasteiger charge is -2.43. The highest BCUT2D eigenvalue weighted by Crippen LogP contribution is 2.55. The molecule has 1 saturated heterocycles. The first-order valence-electron chi connectivity index (χ1n) is 9.12. The van der Waals surface area contributed by atoms with Crippen molar-refractivity contribution in [3.05, 3.63) is 65.2 Å². The van der Waals surface area contributed by atoms with Gasteiger partial charge >= 0.3 is 0 Å². The van der Waals surface area contributed by atoms with Crippen LogP contribution in [0.5, 0.6) is 0 Å². The van der Waals surface area contributed by atoms with E-state index in [1.54, 1.807) is 6.92 Å². The minimum atomic E-state index is -0.106. The number of benzene rings is 2. The lowest BCUT2D eigenvalue weighted by molar-refractivity contribution is -0.116. The Morgan fingerprint density at radius 2 is 1.92 bits per heavy atom. The van der Waals surface area contributed by atoms with Crippen LogP contribution >= 0.6 is 0 Å². The molecule has 0 bridgehead atoms. The summed E-state index contributed by atoms with van der Waals surface area (Å²) in [7, 11) is 2.20. The SMILES string of the molecule is CC(=O)Cc1ccc2c(c1)C1(C)CCNC1(Cc1ccccc1)N2C. The minimum Gasteiger partial charge on any atom is -0.355 e. The molecule has 2 atom stereocenters. The molecule has 3 nitrogen and oxygen atoms in total. The van der Waals surface area contributed by atoms with E-state index in [1.165, 1.54) is 16.8 Å². The molecule has 0 saturated carbocycles. The fourth-order valence-corrected chi connectivity index (χ4v) is 4.96. The molecule has 2 aliphatic rings. The van der Waals surface area contributed by atoms with Gasteiger partial charge in [-0.1, -0.05) is 49.4 Å². The Labute approximate surface area is 150 Å². The van der Waals surface area contributed by atoms with Gasteiger partial charge in [-0.15, -0.1) is 0 Å². The third kappa shape index (κ3) is 2.33. The van der Waals surface area contributed by atoms with E-state index in [0.29, 0.717) is 6.42 Å². The van der Waals surface area contributed by atoms with Gasteiger partial charge in [-0.25, -0.2) is 0 Å². The molecule has 1 N–H and O–H groups in total. The molecule has 0 aliphatic carbocycles. The Hall–Kier alpha value is -2.13. The summed E-state index contributed by atoms with van der Waals surface area (Å²) in [5.74, 6) is 0.219. The lowest BCUT2D eigenvalue weighted by atomic mass is 9.72. The molecule has 2 unspecified atom stereocenters. The molecule has 0 amide bonds. The normalized spacial score (nSPS) is 27.2. The molecule has 25 heavy (non-hydrogen) atoms. The fraction of sp³-hybridized carbons (Fsp3) is 0.409. The molecule has 0 radical (unpaired) electrons. The van der Waals surface area contributed by atoms with Crippen LogP contribution in [0.15, 0.2) is 48.5 Å². The van der Waals surface area contributed by atoms with Crippen molar-refractivity contribution in [3.8, 4) is 0 Å². The Kier molecular flexibility index (Phi) is 3.73. The maximum absolute atomic E-state index is 11.6. The van der Waals surface area contributed by atoms with Crippen molar-refractivity contribution in [3.63, 3.8) is 0 Å². The third-order valence-electron chi connectivity index (χ3n) is 6.30. The molecule has 3 heteroatoms. The summed E-state index contributed by atoms with van der Waals surface area (Å²) in [6.45, 7) is 5.07. The Morgan fingerprint density at radius 3 is 2.64 bits per heavy atom. The van der Waals surface area contributed by atoms with Gasteiger partial charge in [0.25, 0.3) is 0 Å². The van der Waals surface area contributed by atoms with E-state index in [9.17, 15) is 4.79 Å². The summed E-state index contributed by atoms with van der Waals surface area (Å²) in [4.78, 5) is 14.0. The Bertz CT molecular complexity index is 816. The zero-order valence-corrected chi connectivity index (χ0v) is 15.3. The summed E-state index contributed by atoms with van der Waals surface area (Å²) in [6, 6.07) is 17.3. The predicted molar refractivity (Wildman–Crippen MR) is 102 cm³/mol. The highest BCUT2D eigenvalue weighted by molar-refractivity contribution is 5.79. The molecule has 2 aromatic carbocycles. The highest BCUT2D eigenvalue weighted by atomic mass is 16.1. The topological polar surface area (TPSA) is 32.3 Å². The van der Waals surface area contributed by atoms with Crippen molar-refractivity contribution in [2.75, 3.05) is 18.5 Å². The maximum Gasteiger partial charge on any atom is 0.134 e. The van der Waals surface area contributed by atoms with E-state index in [2.05, 4.69) is 72.7 Å². The van der Waals surface area contributed by atoms with Crippen LogP contribution in [0.2, 0.25) is 0 Å². The van der Waals surface area contributed by atoms with Crippen molar-refractivity contribution in [1.82, 2.24) is 5.32 Å².